The van der Waals surface area contributed by atoms with Gasteiger partial charge in [0.05, 0.1) is 6.61 Å². The van der Waals surface area contributed by atoms with Gasteiger partial charge in [-0.05, 0) is 5.92 Å². The van der Waals surface area contributed by atoms with Crippen molar-refractivity contribution in [3.8, 4) is 0 Å². The van der Waals surface area contributed by atoms with Crippen LogP contribution in [-0.2, 0) is 14.3 Å². The van der Waals surface area contributed by atoms with E-state index in [-0.39, 0.29) is 31.9 Å². The number of hydrogen-bond donors (Lipinski definition) is 2. The summed E-state index contributed by atoms with van der Waals surface area (Å²) in [4.78, 5) is 21.7. The highest BCUT2D eigenvalue weighted by atomic mass is 19.4. The summed E-state index contributed by atoms with van der Waals surface area (Å²) in [6, 6.07) is 0. The zero-order valence-corrected chi connectivity index (χ0v) is 10.6. The Balaban J connectivity index is 3.71. The van der Waals surface area contributed by atoms with Crippen LogP contribution < -0.4 is 5.32 Å². The van der Waals surface area contributed by atoms with Crippen LogP contribution in [0.1, 0.15) is 26.2 Å². The van der Waals surface area contributed by atoms with Gasteiger partial charge >= 0.3 is 12.1 Å². The lowest BCUT2D eigenvalue weighted by Crippen LogP contribution is -2.31. The summed E-state index contributed by atoms with van der Waals surface area (Å²) in [5.41, 5.74) is 0. The van der Waals surface area contributed by atoms with Gasteiger partial charge in [0.25, 0.3) is 0 Å². The largest absolute Gasteiger partial charge is 0.481 e. The highest BCUT2D eigenvalue weighted by molar-refractivity contribution is 5.76. The second kappa shape index (κ2) is 8.73. The molecule has 1 unspecified atom stereocenters. The van der Waals surface area contributed by atoms with E-state index in [1.807, 2.05) is 0 Å². The van der Waals surface area contributed by atoms with Gasteiger partial charge in [0.2, 0.25) is 5.91 Å². The topological polar surface area (TPSA) is 75.6 Å². The molecule has 0 aromatic rings. The molecule has 19 heavy (non-hydrogen) atoms. The number of carboxylic acid groups (broad SMARTS) is 1. The maximum Gasteiger partial charge on any atom is 0.411 e. The lowest BCUT2D eigenvalue weighted by molar-refractivity contribution is -0.174. The minimum absolute atomic E-state index is 0.0542. The number of ether oxygens (including phenoxy) is 1. The van der Waals surface area contributed by atoms with Crippen LogP contribution in [0.3, 0.4) is 0 Å². The Morgan fingerprint density at radius 3 is 2.47 bits per heavy atom. The van der Waals surface area contributed by atoms with Crippen molar-refractivity contribution < 1.29 is 32.6 Å². The van der Waals surface area contributed by atoms with Gasteiger partial charge in [-0.1, -0.05) is 13.3 Å². The van der Waals surface area contributed by atoms with Crippen molar-refractivity contribution in [3.63, 3.8) is 0 Å². The Hall–Kier alpha value is -1.31. The fraction of sp³-hybridized carbons (Fsp3) is 0.818. The first-order valence-corrected chi connectivity index (χ1v) is 5.87. The molecule has 1 amide bonds. The second-order valence-corrected chi connectivity index (χ2v) is 4.09. The molecule has 0 aliphatic carbocycles. The molecule has 1 atom stereocenters. The third kappa shape index (κ3) is 11.5. The number of nitrogens with one attached hydrogen (secondary N) is 1. The molecule has 0 aliphatic rings. The Kier molecular flexibility index (Phi) is 8.13. The molecule has 0 bridgehead atoms. The number of amides is 1. The minimum atomic E-state index is -4.40. The molecule has 8 heteroatoms. The number of rotatable bonds is 9. The number of aliphatic carboxylic acids is 1. The molecule has 0 aliphatic heterocycles. The average Bonchev–Trinajstić information content (AvgIpc) is 2.28. The molecule has 0 aromatic heterocycles. The molecule has 2 N–H and O–H groups in total. The van der Waals surface area contributed by atoms with E-state index in [1.165, 1.54) is 0 Å². The Bertz CT molecular complexity index is 294. The van der Waals surface area contributed by atoms with Crippen molar-refractivity contribution in [1.82, 2.24) is 5.32 Å². The van der Waals surface area contributed by atoms with E-state index in [2.05, 4.69) is 10.1 Å². The first-order valence-electron chi connectivity index (χ1n) is 5.87. The van der Waals surface area contributed by atoms with Crippen molar-refractivity contribution in [2.75, 3.05) is 19.8 Å². The van der Waals surface area contributed by atoms with Gasteiger partial charge in [0.15, 0.2) is 0 Å². The van der Waals surface area contributed by atoms with Gasteiger partial charge in [-0.15, -0.1) is 0 Å². The lowest BCUT2D eigenvalue weighted by Gasteiger charge is -2.13. The van der Waals surface area contributed by atoms with Crippen LogP contribution in [-0.4, -0.2) is 42.9 Å². The van der Waals surface area contributed by atoms with Crippen molar-refractivity contribution in [3.05, 3.63) is 0 Å². The van der Waals surface area contributed by atoms with E-state index in [0.717, 1.165) is 0 Å². The zero-order valence-electron chi connectivity index (χ0n) is 10.6. The van der Waals surface area contributed by atoms with Gasteiger partial charge in [0, 0.05) is 19.4 Å². The lowest BCUT2D eigenvalue weighted by atomic mass is 10.0. The number of alkyl halides is 3. The number of halogens is 3. The van der Waals surface area contributed by atoms with Gasteiger partial charge in [-0.25, -0.2) is 0 Å². The smallest absolute Gasteiger partial charge is 0.411 e. The summed E-state index contributed by atoms with van der Waals surface area (Å²) in [5, 5.41) is 11.1. The summed E-state index contributed by atoms with van der Waals surface area (Å²) >= 11 is 0. The zero-order chi connectivity index (χ0) is 14.9. The molecule has 0 saturated carbocycles. The van der Waals surface area contributed by atoms with Crippen LogP contribution in [0, 0.1) is 5.92 Å². The standard InChI is InChI=1S/C11H18F3NO4/c1-2-8(5-10(17)18)6-15-9(16)3-4-19-7-11(12,13)14/h8H,2-7H2,1H3,(H,15,16)(H,17,18). The Morgan fingerprint density at radius 1 is 1.37 bits per heavy atom. The molecule has 0 aromatic carbocycles. The van der Waals surface area contributed by atoms with Crippen LogP contribution in [0.5, 0.6) is 0 Å². The first kappa shape index (κ1) is 17.7. The van der Waals surface area contributed by atoms with E-state index >= 15 is 0 Å². The molecule has 0 saturated heterocycles. The highest BCUT2D eigenvalue weighted by Crippen LogP contribution is 2.14. The van der Waals surface area contributed by atoms with Crippen molar-refractivity contribution >= 4 is 11.9 Å². The number of carbonyl (C=O) groups excluding carboxylic acids is 1. The fourth-order valence-electron chi connectivity index (χ4n) is 1.31. The quantitative estimate of drug-likeness (QED) is 0.631. The second-order valence-electron chi connectivity index (χ2n) is 4.09. The predicted molar refractivity (Wildman–Crippen MR) is 60.5 cm³/mol. The van der Waals surface area contributed by atoms with Crippen molar-refractivity contribution in [1.29, 1.82) is 0 Å². The van der Waals surface area contributed by atoms with E-state index in [9.17, 15) is 22.8 Å². The van der Waals surface area contributed by atoms with Gasteiger partial charge in [0.1, 0.15) is 6.61 Å². The summed E-state index contributed by atoms with van der Waals surface area (Å²) in [6.07, 6.45) is -4.04. The Morgan fingerprint density at radius 2 is 2.00 bits per heavy atom. The molecular weight excluding hydrogens is 267 g/mol. The first-order chi connectivity index (χ1) is 8.74. The van der Waals surface area contributed by atoms with Crippen molar-refractivity contribution in [2.24, 2.45) is 5.92 Å². The molecule has 0 spiro atoms. The average molecular weight is 285 g/mol. The summed E-state index contributed by atoms with van der Waals surface area (Å²) in [7, 11) is 0. The van der Waals surface area contributed by atoms with E-state index < -0.39 is 24.7 Å². The maximum atomic E-state index is 11.7. The Labute approximate surface area is 109 Å². The third-order valence-corrected chi connectivity index (χ3v) is 2.37. The monoisotopic (exact) mass is 285 g/mol. The summed E-state index contributed by atoms with van der Waals surface area (Å²) < 4.78 is 39.4. The maximum absolute atomic E-state index is 11.7. The van der Waals surface area contributed by atoms with E-state index in [0.29, 0.717) is 6.42 Å². The van der Waals surface area contributed by atoms with E-state index in [4.69, 9.17) is 5.11 Å². The third-order valence-electron chi connectivity index (χ3n) is 2.37. The molecule has 112 valence electrons. The molecule has 5 nitrogen and oxygen atoms in total. The van der Waals surface area contributed by atoms with E-state index in [1.54, 1.807) is 6.92 Å². The fourth-order valence-corrected chi connectivity index (χ4v) is 1.31. The van der Waals surface area contributed by atoms with Crippen LogP contribution in [0.15, 0.2) is 0 Å². The SMILES string of the molecule is CCC(CNC(=O)CCOCC(F)(F)F)CC(=O)O. The molecular formula is C11H18F3NO4. The van der Waals surface area contributed by atoms with Crippen LogP contribution in [0.2, 0.25) is 0 Å². The molecule has 0 radical (unpaired) electrons. The van der Waals surface area contributed by atoms with Gasteiger partial charge in [-0.3, -0.25) is 9.59 Å². The number of carbonyl (C=O) groups is 2. The van der Waals surface area contributed by atoms with Crippen molar-refractivity contribution in [2.45, 2.75) is 32.4 Å². The number of hydrogen-bond acceptors (Lipinski definition) is 3. The van der Waals surface area contributed by atoms with Crippen LogP contribution in [0.25, 0.3) is 0 Å². The number of carboxylic acids is 1. The summed E-state index contributed by atoms with van der Waals surface area (Å²) in [6.45, 7) is 0.297. The minimum Gasteiger partial charge on any atom is -0.481 e. The van der Waals surface area contributed by atoms with Gasteiger partial charge < -0.3 is 15.2 Å². The van der Waals surface area contributed by atoms with Crippen LogP contribution >= 0.6 is 0 Å². The molecule has 0 rings (SSSR count). The highest BCUT2D eigenvalue weighted by Gasteiger charge is 2.27. The predicted octanol–water partition coefficient (Wildman–Crippen LogP) is 1.57. The molecule has 0 heterocycles. The van der Waals surface area contributed by atoms with Crippen LogP contribution in [0.4, 0.5) is 13.2 Å². The molecule has 0 fully saturated rings. The van der Waals surface area contributed by atoms with Gasteiger partial charge in [-0.2, -0.15) is 13.2 Å². The summed E-state index contributed by atoms with van der Waals surface area (Å²) in [5.74, 6) is -1.59. The normalized spacial score (nSPS) is 13.1.